The predicted octanol–water partition coefficient (Wildman–Crippen LogP) is 3.10. The first-order valence-electron chi connectivity index (χ1n) is 8.69. The van der Waals surface area contributed by atoms with E-state index in [4.69, 9.17) is 11.5 Å². The van der Waals surface area contributed by atoms with Crippen LogP contribution in [0.1, 0.15) is 51.1 Å². The SMILES string of the molecule is NC(=O)c1cccc(C=C2CCCC(=Cc3cccc(C(N)=O)c3)C2=O)c1. The molecule has 0 heterocycles. The maximum atomic E-state index is 12.9. The van der Waals surface area contributed by atoms with Gasteiger partial charge in [0.1, 0.15) is 0 Å². The van der Waals surface area contributed by atoms with E-state index in [2.05, 4.69) is 0 Å². The zero-order chi connectivity index (χ0) is 19.4. The fraction of sp³-hybridized carbons (Fsp3) is 0.136. The highest BCUT2D eigenvalue weighted by Crippen LogP contribution is 2.28. The van der Waals surface area contributed by atoms with Crippen LogP contribution in [0.25, 0.3) is 12.2 Å². The van der Waals surface area contributed by atoms with Crippen LogP contribution in [-0.2, 0) is 4.79 Å². The van der Waals surface area contributed by atoms with Crippen LogP contribution in [0.4, 0.5) is 0 Å². The number of hydrogen-bond acceptors (Lipinski definition) is 3. The molecular weight excluding hydrogens is 340 g/mol. The van der Waals surface area contributed by atoms with E-state index in [0.717, 1.165) is 17.5 Å². The Kier molecular flexibility index (Phi) is 5.31. The molecule has 0 radical (unpaired) electrons. The lowest BCUT2D eigenvalue weighted by atomic mass is 9.86. The number of hydrogen-bond donors (Lipinski definition) is 2. The second-order valence-corrected chi connectivity index (χ2v) is 6.50. The summed E-state index contributed by atoms with van der Waals surface area (Å²) in [4.78, 5) is 35.5. The zero-order valence-electron chi connectivity index (χ0n) is 14.8. The van der Waals surface area contributed by atoms with Crippen LogP contribution in [0.2, 0.25) is 0 Å². The van der Waals surface area contributed by atoms with Crippen LogP contribution >= 0.6 is 0 Å². The first-order valence-corrected chi connectivity index (χ1v) is 8.69. The van der Waals surface area contributed by atoms with Gasteiger partial charge in [0.2, 0.25) is 11.8 Å². The Morgan fingerprint density at radius 2 is 1.22 bits per heavy atom. The number of Topliss-reactive ketones (excluding diaryl/α,β-unsaturated/α-hetero) is 1. The van der Waals surface area contributed by atoms with Gasteiger partial charge < -0.3 is 11.5 Å². The number of primary amides is 2. The summed E-state index contributed by atoms with van der Waals surface area (Å²) in [5.74, 6) is -1.02. The van der Waals surface area contributed by atoms with E-state index in [-0.39, 0.29) is 5.78 Å². The molecule has 1 aliphatic carbocycles. The van der Waals surface area contributed by atoms with Crippen molar-refractivity contribution in [3.63, 3.8) is 0 Å². The molecule has 0 atom stereocenters. The summed E-state index contributed by atoms with van der Waals surface area (Å²) < 4.78 is 0. The smallest absolute Gasteiger partial charge is 0.248 e. The number of carbonyl (C=O) groups is 3. The highest BCUT2D eigenvalue weighted by molar-refractivity contribution is 6.14. The van der Waals surface area contributed by atoms with E-state index in [9.17, 15) is 14.4 Å². The monoisotopic (exact) mass is 360 g/mol. The van der Waals surface area contributed by atoms with Crippen molar-refractivity contribution in [2.45, 2.75) is 19.3 Å². The molecule has 27 heavy (non-hydrogen) atoms. The minimum Gasteiger partial charge on any atom is -0.366 e. The zero-order valence-corrected chi connectivity index (χ0v) is 14.8. The average Bonchev–Trinajstić information content (AvgIpc) is 2.65. The molecule has 2 aromatic rings. The molecule has 0 unspecified atom stereocenters. The van der Waals surface area contributed by atoms with Crippen LogP contribution in [-0.4, -0.2) is 17.6 Å². The Morgan fingerprint density at radius 3 is 1.63 bits per heavy atom. The minimum atomic E-state index is -0.500. The van der Waals surface area contributed by atoms with Gasteiger partial charge in [-0.25, -0.2) is 0 Å². The Bertz CT molecular complexity index is 909. The lowest BCUT2D eigenvalue weighted by molar-refractivity contribution is -0.112. The third-order valence-electron chi connectivity index (χ3n) is 4.50. The molecule has 1 fully saturated rings. The van der Waals surface area contributed by atoms with Crippen LogP contribution in [0, 0.1) is 0 Å². The first kappa shape index (κ1) is 18.3. The topological polar surface area (TPSA) is 103 Å². The molecule has 1 aliphatic rings. The van der Waals surface area contributed by atoms with Gasteiger partial charge in [-0.05, 0) is 66.8 Å². The molecule has 0 bridgehead atoms. The van der Waals surface area contributed by atoms with Crippen molar-refractivity contribution in [1.82, 2.24) is 0 Å². The van der Waals surface area contributed by atoms with Crippen molar-refractivity contribution in [3.8, 4) is 0 Å². The van der Waals surface area contributed by atoms with Gasteiger partial charge in [0, 0.05) is 22.3 Å². The second-order valence-electron chi connectivity index (χ2n) is 6.50. The molecular formula is C22H20N2O3. The van der Waals surface area contributed by atoms with Crippen LogP contribution < -0.4 is 11.5 Å². The summed E-state index contributed by atoms with van der Waals surface area (Å²) >= 11 is 0. The number of carbonyl (C=O) groups excluding carboxylic acids is 3. The third-order valence-corrected chi connectivity index (χ3v) is 4.50. The van der Waals surface area contributed by atoms with Crippen molar-refractivity contribution in [1.29, 1.82) is 0 Å². The quantitative estimate of drug-likeness (QED) is 0.819. The normalized spacial score (nSPS) is 17.3. The van der Waals surface area contributed by atoms with Crippen molar-refractivity contribution in [3.05, 3.63) is 81.9 Å². The molecule has 136 valence electrons. The summed E-state index contributed by atoms with van der Waals surface area (Å²) in [6.45, 7) is 0. The molecule has 0 saturated heterocycles. The van der Waals surface area contributed by atoms with E-state index in [1.165, 1.54) is 0 Å². The van der Waals surface area contributed by atoms with Crippen LogP contribution in [0.5, 0.6) is 0 Å². The summed E-state index contributed by atoms with van der Waals surface area (Å²) in [6, 6.07) is 13.8. The minimum absolute atomic E-state index is 0.0183. The first-order chi connectivity index (χ1) is 12.9. The Balaban J connectivity index is 1.90. The maximum absolute atomic E-state index is 12.9. The molecule has 2 amide bonds. The summed E-state index contributed by atoms with van der Waals surface area (Å²) in [6.07, 6.45) is 5.83. The molecule has 3 rings (SSSR count). The van der Waals surface area contributed by atoms with Gasteiger partial charge in [0.05, 0.1) is 0 Å². The lowest BCUT2D eigenvalue weighted by Crippen LogP contribution is -2.13. The van der Waals surface area contributed by atoms with E-state index in [1.54, 1.807) is 36.4 Å². The highest BCUT2D eigenvalue weighted by Gasteiger charge is 2.20. The van der Waals surface area contributed by atoms with Crippen molar-refractivity contribution in [2.24, 2.45) is 11.5 Å². The number of rotatable bonds is 4. The average molecular weight is 360 g/mol. The molecule has 0 spiro atoms. The number of nitrogens with two attached hydrogens (primary N) is 2. The molecule has 0 aliphatic heterocycles. The van der Waals surface area contributed by atoms with E-state index >= 15 is 0 Å². The van der Waals surface area contributed by atoms with Gasteiger partial charge in [0.25, 0.3) is 0 Å². The molecule has 5 heteroatoms. The predicted molar refractivity (Wildman–Crippen MR) is 105 cm³/mol. The standard InChI is InChI=1S/C22H20N2O3/c23-21(26)18-8-1-4-14(12-18)10-16-6-3-7-17(20(16)25)11-15-5-2-9-19(13-15)22(24)27/h1-2,4-5,8-13H,3,6-7H2,(H2,23,26)(H2,24,27). The van der Waals surface area contributed by atoms with Gasteiger partial charge in [-0.2, -0.15) is 0 Å². The molecule has 0 aromatic heterocycles. The largest absolute Gasteiger partial charge is 0.366 e. The second kappa shape index (κ2) is 7.83. The van der Waals surface area contributed by atoms with E-state index in [1.807, 2.05) is 24.3 Å². The van der Waals surface area contributed by atoms with Crippen molar-refractivity contribution >= 4 is 29.7 Å². The fourth-order valence-electron chi connectivity index (χ4n) is 3.14. The Labute approximate surface area is 157 Å². The molecule has 5 nitrogen and oxygen atoms in total. The number of amides is 2. The highest BCUT2D eigenvalue weighted by atomic mass is 16.1. The Morgan fingerprint density at radius 1 is 0.778 bits per heavy atom. The van der Waals surface area contributed by atoms with Gasteiger partial charge in [-0.3, -0.25) is 14.4 Å². The lowest BCUT2D eigenvalue weighted by Gasteiger charge is -2.17. The third kappa shape index (κ3) is 4.39. The summed E-state index contributed by atoms with van der Waals surface area (Å²) in [5, 5.41) is 0. The van der Waals surface area contributed by atoms with E-state index in [0.29, 0.717) is 35.1 Å². The molecule has 2 aromatic carbocycles. The summed E-state index contributed by atoms with van der Waals surface area (Å²) in [7, 11) is 0. The summed E-state index contributed by atoms with van der Waals surface area (Å²) in [5.41, 5.74) is 14.4. The Hall–Kier alpha value is -3.47. The van der Waals surface area contributed by atoms with Gasteiger partial charge in [-0.15, -0.1) is 0 Å². The number of benzene rings is 2. The van der Waals surface area contributed by atoms with Crippen LogP contribution in [0.15, 0.2) is 59.7 Å². The van der Waals surface area contributed by atoms with Gasteiger partial charge in [0.15, 0.2) is 5.78 Å². The molecule has 4 N–H and O–H groups in total. The maximum Gasteiger partial charge on any atom is 0.248 e. The fourth-order valence-corrected chi connectivity index (χ4v) is 3.14. The van der Waals surface area contributed by atoms with E-state index < -0.39 is 11.8 Å². The van der Waals surface area contributed by atoms with Crippen LogP contribution in [0.3, 0.4) is 0 Å². The van der Waals surface area contributed by atoms with Crippen molar-refractivity contribution < 1.29 is 14.4 Å². The molecule has 1 saturated carbocycles. The van der Waals surface area contributed by atoms with Crippen molar-refractivity contribution in [2.75, 3.05) is 0 Å². The van der Waals surface area contributed by atoms with Gasteiger partial charge >= 0.3 is 0 Å². The number of ketones is 1. The van der Waals surface area contributed by atoms with Gasteiger partial charge in [-0.1, -0.05) is 24.3 Å². The number of allylic oxidation sites excluding steroid dienone is 2.